The number of aryl methyl sites for hydroxylation is 1. The summed E-state index contributed by atoms with van der Waals surface area (Å²) in [5.41, 5.74) is 3.44. The van der Waals surface area contributed by atoms with E-state index in [-0.39, 0.29) is 5.69 Å². The van der Waals surface area contributed by atoms with Crippen molar-refractivity contribution in [1.82, 2.24) is 15.0 Å². The lowest BCUT2D eigenvalue weighted by Gasteiger charge is -2.08. The molecule has 0 aliphatic carbocycles. The second-order valence-corrected chi connectivity index (χ2v) is 4.96. The van der Waals surface area contributed by atoms with Crippen LogP contribution in [-0.4, -0.2) is 19.9 Å². The minimum absolute atomic E-state index is 0.0451. The summed E-state index contributed by atoms with van der Waals surface area (Å²) in [4.78, 5) is 22.0. The van der Waals surface area contributed by atoms with Crippen molar-refractivity contribution >= 4 is 17.3 Å². The smallest absolute Gasteiger partial charge is 0.271 e. The Kier molecular flexibility index (Phi) is 4.01. The van der Waals surface area contributed by atoms with E-state index in [2.05, 4.69) is 20.3 Å². The van der Waals surface area contributed by atoms with Crippen LogP contribution in [0.1, 0.15) is 12.5 Å². The van der Waals surface area contributed by atoms with Crippen molar-refractivity contribution in [2.45, 2.75) is 13.3 Å². The summed E-state index contributed by atoms with van der Waals surface area (Å²) in [6.45, 7) is 2.00. The van der Waals surface area contributed by atoms with E-state index in [1.54, 1.807) is 24.7 Å². The number of imidazole rings is 1. The lowest BCUT2D eigenvalue weighted by molar-refractivity contribution is -0.384. The number of nitro groups is 1. The number of aromatic nitrogens is 3. The van der Waals surface area contributed by atoms with Gasteiger partial charge in [-0.1, -0.05) is 13.0 Å². The predicted molar refractivity (Wildman–Crippen MR) is 87.6 cm³/mol. The van der Waals surface area contributed by atoms with Gasteiger partial charge in [-0.05, 0) is 24.1 Å². The lowest BCUT2D eigenvalue weighted by Crippen LogP contribution is -1.99. The summed E-state index contributed by atoms with van der Waals surface area (Å²) in [5, 5.41) is 14.1. The second-order valence-electron chi connectivity index (χ2n) is 4.96. The maximum absolute atomic E-state index is 10.9. The highest BCUT2D eigenvalue weighted by Gasteiger charge is 2.11. The van der Waals surface area contributed by atoms with Crippen LogP contribution in [0.3, 0.4) is 0 Å². The monoisotopic (exact) mass is 309 g/mol. The molecule has 0 atom stereocenters. The van der Waals surface area contributed by atoms with E-state index in [0.717, 1.165) is 23.2 Å². The van der Waals surface area contributed by atoms with Gasteiger partial charge in [-0.3, -0.25) is 15.1 Å². The van der Waals surface area contributed by atoms with Crippen LogP contribution < -0.4 is 5.32 Å². The average molecular weight is 309 g/mol. The Hall–Kier alpha value is -3.22. The summed E-state index contributed by atoms with van der Waals surface area (Å²) < 4.78 is 0. The first kappa shape index (κ1) is 14.7. The number of nitro benzene ring substituents is 1. The van der Waals surface area contributed by atoms with Crippen molar-refractivity contribution in [1.29, 1.82) is 0 Å². The van der Waals surface area contributed by atoms with Gasteiger partial charge in [0.2, 0.25) is 5.95 Å². The molecular formula is C16H15N5O2. The van der Waals surface area contributed by atoms with Crippen molar-refractivity contribution < 1.29 is 4.92 Å². The molecule has 23 heavy (non-hydrogen) atoms. The van der Waals surface area contributed by atoms with Gasteiger partial charge < -0.3 is 10.3 Å². The van der Waals surface area contributed by atoms with E-state index < -0.39 is 4.92 Å². The van der Waals surface area contributed by atoms with Gasteiger partial charge in [0.15, 0.2) is 0 Å². The van der Waals surface area contributed by atoms with Crippen LogP contribution in [0.4, 0.5) is 17.3 Å². The average Bonchev–Trinajstić information content (AvgIpc) is 3.04. The number of aromatic amines is 1. The van der Waals surface area contributed by atoms with Gasteiger partial charge in [-0.2, -0.15) is 0 Å². The molecule has 3 aromatic rings. The van der Waals surface area contributed by atoms with E-state index in [1.807, 2.05) is 19.1 Å². The largest absolute Gasteiger partial charge is 0.325 e. The number of nitrogens with zero attached hydrogens (tertiary/aromatic N) is 3. The van der Waals surface area contributed by atoms with Gasteiger partial charge in [0.1, 0.15) is 0 Å². The molecule has 0 saturated heterocycles. The topological polar surface area (TPSA) is 96.7 Å². The molecule has 3 rings (SSSR count). The first-order chi connectivity index (χ1) is 11.2. The number of pyridine rings is 1. The van der Waals surface area contributed by atoms with Crippen LogP contribution >= 0.6 is 0 Å². The molecule has 0 unspecified atom stereocenters. The molecule has 2 heterocycles. The Morgan fingerprint density at radius 1 is 1.30 bits per heavy atom. The number of H-pyrrole nitrogens is 1. The molecule has 0 bridgehead atoms. The van der Waals surface area contributed by atoms with E-state index in [9.17, 15) is 10.1 Å². The molecule has 0 radical (unpaired) electrons. The van der Waals surface area contributed by atoms with Gasteiger partial charge >= 0.3 is 0 Å². The summed E-state index contributed by atoms with van der Waals surface area (Å²) in [5.74, 6) is 0.527. The van der Waals surface area contributed by atoms with Gasteiger partial charge in [0.05, 0.1) is 22.5 Å². The molecule has 0 spiro atoms. The predicted octanol–water partition coefficient (Wildman–Crippen LogP) is 3.69. The highest BCUT2D eigenvalue weighted by molar-refractivity contribution is 5.65. The maximum Gasteiger partial charge on any atom is 0.271 e. The van der Waals surface area contributed by atoms with Crippen LogP contribution in [0.25, 0.3) is 11.3 Å². The summed E-state index contributed by atoms with van der Waals surface area (Å²) in [6, 6.07) is 8.55. The molecule has 7 heteroatoms. The Morgan fingerprint density at radius 3 is 2.87 bits per heavy atom. The number of nitrogens with one attached hydrogen (secondary N) is 2. The van der Waals surface area contributed by atoms with Crippen molar-refractivity contribution in [2.24, 2.45) is 0 Å². The van der Waals surface area contributed by atoms with Crippen LogP contribution in [-0.2, 0) is 6.42 Å². The fourth-order valence-corrected chi connectivity index (χ4v) is 2.28. The molecule has 0 saturated carbocycles. The Bertz CT molecular complexity index is 829. The van der Waals surface area contributed by atoms with Gasteiger partial charge in [0.25, 0.3) is 5.69 Å². The maximum atomic E-state index is 10.9. The van der Waals surface area contributed by atoms with Crippen LogP contribution in [0.15, 0.2) is 48.9 Å². The molecule has 7 nitrogen and oxygen atoms in total. The number of non-ortho nitro benzene ring substituents is 1. The Balaban J connectivity index is 1.89. The SMILES string of the molecule is CCc1ccc([N+](=O)[O-])cc1Nc1ncc(-c2cccnc2)[nH]1. The van der Waals surface area contributed by atoms with E-state index in [1.165, 1.54) is 12.1 Å². The number of hydrogen-bond donors (Lipinski definition) is 2. The molecular weight excluding hydrogens is 294 g/mol. The second kappa shape index (κ2) is 6.27. The quantitative estimate of drug-likeness (QED) is 0.553. The Morgan fingerprint density at radius 2 is 2.17 bits per heavy atom. The summed E-state index contributed by atoms with van der Waals surface area (Å²) in [7, 11) is 0. The van der Waals surface area contributed by atoms with Crippen LogP contribution in [0.2, 0.25) is 0 Å². The molecule has 1 aromatic carbocycles. The fourth-order valence-electron chi connectivity index (χ4n) is 2.28. The van der Waals surface area contributed by atoms with E-state index in [0.29, 0.717) is 11.6 Å². The zero-order chi connectivity index (χ0) is 16.2. The lowest BCUT2D eigenvalue weighted by atomic mass is 10.1. The number of rotatable bonds is 5. The zero-order valence-electron chi connectivity index (χ0n) is 12.5. The van der Waals surface area contributed by atoms with Crippen molar-refractivity contribution in [3.8, 4) is 11.3 Å². The number of benzene rings is 1. The first-order valence-corrected chi connectivity index (χ1v) is 7.17. The highest BCUT2D eigenvalue weighted by Crippen LogP contribution is 2.26. The fraction of sp³-hybridized carbons (Fsp3) is 0.125. The van der Waals surface area contributed by atoms with Crippen molar-refractivity contribution in [3.05, 3.63) is 64.6 Å². The standard InChI is InChI=1S/C16H15N5O2/c1-2-11-5-6-13(21(22)23)8-14(11)19-16-18-10-15(20-16)12-4-3-7-17-9-12/h3-10H,2H2,1H3,(H2,18,19,20). The minimum atomic E-state index is -0.409. The third-order valence-electron chi connectivity index (χ3n) is 3.49. The third-order valence-corrected chi connectivity index (χ3v) is 3.49. The molecule has 116 valence electrons. The summed E-state index contributed by atoms with van der Waals surface area (Å²) >= 11 is 0. The molecule has 0 fully saturated rings. The van der Waals surface area contributed by atoms with E-state index in [4.69, 9.17) is 0 Å². The normalized spacial score (nSPS) is 10.5. The first-order valence-electron chi connectivity index (χ1n) is 7.17. The van der Waals surface area contributed by atoms with Gasteiger partial charge in [0, 0.05) is 30.1 Å². The molecule has 0 aliphatic heterocycles. The molecule has 0 aliphatic rings. The van der Waals surface area contributed by atoms with Crippen LogP contribution in [0, 0.1) is 10.1 Å². The highest BCUT2D eigenvalue weighted by atomic mass is 16.6. The van der Waals surface area contributed by atoms with Crippen LogP contribution in [0.5, 0.6) is 0 Å². The third kappa shape index (κ3) is 3.18. The summed E-state index contributed by atoms with van der Waals surface area (Å²) in [6.07, 6.45) is 5.90. The number of anilines is 2. The van der Waals surface area contributed by atoms with Gasteiger partial charge in [-0.25, -0.2) is 4.98 Å². The minimum Gasteiger partial charge on any atom is -0.325 e. The van der Waals surface area contributed by atoms with Crippen molar-refractivity contribution in [2.75, 3.05) is 5.32 Å². The zero-order valence-corrected chi connectivity index (χ0v) is 12.5. The molecule has 2 N–H and O–H groups in total. The number of hydrogen-bond acceptors (Lipinski definition) is 5. The van der Waals surface area contributed by atoms with Crippen molar-refractivity contribution in [3.63, 3.8) is 0 Å². The van der Waals surface area contributed by atoms with Gasteiger partial charge in [-0.15, -0.1) is 0 Å². The molecule has 2 aromatic heterocycles. The Labute approximate surface area is 132 Å². The van der Waals surface area contributed by atoms with E-state index >= 15 is 0 Å². The molecule has 0 amide bonds.